The first-order chi connectivity index (χ1) is 14.6. The zero-order chi connectivity index (χ0) is 23.1. The molecule has 0 saturated carbocycles. The van der Waals surface area contributed by atoms with Crippen LogP contribution in [0.25, 0.3) is 0 Å². The number of carbonyl (C=O) groups excluding carboxylic acids is 1. The average Bonchev–Trinajstić information content (AvgIpc) is 2.95. The van der Waals surface area contributed by atoms with E-state index in [9.17, 15) is 13.6 Å². The molecule has 0 saturated heterocycles. The van der Waals surface area contributed by atoms with Crippen LogP contribution in [0.15, 0.2) is 18.2 Å². The van der Waals surface area contributed by atoms with Crippen LogP contribution in [0.5, 0.6) is 11.5 Å². The number of carbonyl (C=O) groups is 1. The summed E-state index contributed by atoms with van der Waals surface area (Å²) in [6.45, 7) is 2.84. The first-order valence-corrected chi connectivity index (χ1v) is 10.3. The first kappa shape index (κ1) is 24.7. The maximum absolute atomic E-state index is 12.5. The molecule has 2 aromatic rings. The molecular formula is C20H29F2N5O3S. The molecule has 0 bridgehead atoms. The Morgan fingerprint density at radius 1 is 1.32 bits per heavy atom. The normalized spacial score (nSPS) is 11.5. The van der Waals surface area contributed by atoms with Gasteiger partial charge in [-0.15, -0.1) is 0 Å². The number of primary amides is 1. The van der Waals surface area contributed by atoms with Crippen LogP contribution in [0.2, 0.25) is 0 Å². The lowest BCUT2D eigenvalue weighted by Gasteiger charge is -2.18. The second kappa shape index (κ2) is 11.2. The molecule has 2 N–H and O–H groups in total. The molecule has 0 radical (unpaired) electrons. The van der Waals surface area contributed by atoms with Crippen LogP contribution in [-0.4, -0.2) is 45.9 Å². The van der Waals surface area contributed by atoms with Gasteiger partial charge in [-0.1, -0.05) is 19.9 Å². The molecule has 0 spiro atoms. The number of halogens is 2. The molecule has 0 unspecified atom stereocenters. The highest BCUT2D eigenvalue weighted by Gasteiger charge is 2.15. The largest absolute Gasteiger partial charge is 0.493 e. The number of rotatable bonds is 12. The summed E-state index contributed by atoms with van der Waals surface area (Å²) >= 11 is 5.60. The molecule has 1 heterocycles. The molecule has 2 rings (SSSR count). The van der Waals surface area contributed by atoms with Crippen molar-refractivity contribution in [3.8, 4) is 11.5 Å². The van der Waals surface area contributed by atoms with Crippen molar-refractivity contribution in [1.82, 2.24) is 19.2 Å². The summed E-state index contributed by atoms with van der Waals surface area (Å²) in [6, 6.07) is 4.81. The summed E-state index contributed by atoms with van der Waals surface area (Å²) in [7, 11) is 3.29. The number of amides is 1. The quantitative estimate of drug-likeness (QED) is 0.493. The lowest BCUT2D eigenvalue weighted by molar-refractivity contribution is -0.118. The number of hydrogen-bond acceptors (Lipinski definition) is 6. The number of aryl methyl sites for hydroxylation is 1. The Labute approximate surface area is 185 Å². The molecule has 1 aromatic heterocycles. The fourth-order valence-corrected chi connectivity index (χ4v) is 3.42. The number of aromatic nitrogens is 3. The van der Waals surface area contributed by atoms with Gasteiger partial charge in [-0.2, -0.15) is 13.9 Å². The van der Waals surface area contributed by atoms with Crippen molar-refractivity contribution < 1.29 is 23.0 Å². The average molecular weight is 458 g/mol. The number of benzene rings is 1. The predicted octanol–water partition coefficient (Wildman–Crippen LogP) is 3.19. The van der Waals surface area contributed by atoms with Crippen molar-refractivity contribution >= 4 is 18.1 Å². The van der Waals surface area contributed by atoms with Gasteiger partial charge < -0.3 is 19.8 Å². The van der Waals surface area contributed by atoms with E-state index in [0.29, 0.717) is 36.9 Å². The van der Waals surface area contributed by atoms with Crippen LogP contribution in [-0.2, 0) is 31.0 Å². The summed E-state index contributed by atoms with van der Waals surface area (Å²) in [5, 5.41) is 4.59. The van der Waals surface area contributed by atoms with E-state index in [1.54, 1.807) is 16.8 Å². The van der Waals surface area contributed by atoms with Gasteiger partial charge in [0.1, 0.15) is 5.82 Å². The van der Waals surface area contributed by atoms with E-state index in [4.69, 9.17) is 22.7 Å². The monoisotopic (exact) mass is 457 g/mol. The molecule has 31 heavy (non-hydrogen) atoms. The molecule has 0 atom stereocenters. The zero-order valence-electron chi connectivity index (χ0n) is 18.2. The Morgan fingerprint density at radius 3 is 2.61 bits per heavy atom. The second-order valence-electron chi connectivity index (χ2n) is 7.69. The highest BCUT2D eigenvalue weighted by atomic mass is 32.1. The zero-order valence-corrected chi connectivity index (χ0v) is 19.0. The van der Waals surface area contributed by atoms with E-state index in [1.165, 1.54) is 13.2 Å². The van der Waals surface area contributed by atoms with Crippen molar-refractivity contribution in [3.05, 3.63) is 34.4 Å². The van der Waals surface area contributed by atoms with Gasteiger partial charge in [0.25, 0.3) is 0 Å². The van der Waals surface area contributed by atoms with E-state index >= 15 is 0 Å². The van der Waals surface area contributed by atoms with Crippen LogP contribution in [0.4, 0.5) is 8.78 Å². The molecule has 11 heteroatoms. The van der Waals surface area contributed by atoms with E-state index in [-0.39, 0.29) is 23.8 Å². The Hall–Kier alpha value is -2.53. The third kappa shape index (κ3) is 7.28. The molecular weight excluding hydrogens is 428 g/mol. The maximum Gasteiger partial charge on any atom is 0.387 e. The van der Waals surface area contributed by atoms with Gasteiger partial charge in [-0.25, -0.2) is 4.68 Å². The van der Waals surface area contributed by atoms with Crippen molar-refractivity contribution in [3.63, 3.8) is 0 Å². The molecule has 1 amide bonds. The van der Waals surface area contributed by atoms with Gasteiger partial charge in [0.15, 0.2) is 16.3 Å². The molecule has 172 valence electrons. The van der Waals surface area contributed by atoms with Crippen LogP contribution < -0.4 is 15.2 Å². The van der Waals surface area contributed by atoms with E-state index in [2.05, 4.69) is 23.7 Å². The summed E-state index contributed by atoms with van der Waals surface area (Å²) in [5.74, 6) is 0.911. The topological polar surface area (TPSA) is 87.5 Å². The third-order valence-corrected chi connectivity index (χ3v) is 4.85. The van der Waals surface area contributed by atoms with Gasteiger partial charge in [-0.3, -0.25) is 9.69 Å². The third-order valence-electron chi connectivity index (χ3n) is 4.41. The molecule has 0 aliphatic carbocycles. The Bertz CT molecular complexity index is 945. The fraction of sp³-hybridized carbons (Fsp3) is 0.550. The molecule has 0 aliphatic rings. The van der Waals surface area contributed by atoms with Gasteiger partial charge in [-0.05, 0) is 42.9 Å². The Balaban J connectivity index is 2.16. The molecule has 8 nitrogen and oxygen atoms in total. The lowest BCUT2D eigenvalue weighted by Crippen LogP contribution is -2.23. The minimum absolute atomic E-state index is 0.0161. The van der Waals surface area contributed by atoms with Crippen molar-refractivity contribution in [2.24, 2.45) is 11.7 Å². The highest BCUT2D eigenvalue weighted by Crippen LogP contribution is 2.29. The number of hydrogen-bond donors (Lipinski definition) is 1. The fourth-order valence-electron chi connectivity index (χ4n) is 3.14. The molecule has 1 aromatic carbocycles. The van der Waals surface area contributed by atoms with Crippen LogP contribution in [0.3, 0.4) is 0 Å². The number of alkyl halides is 2. The van der Waals surface area contributed by atoms with Crippen molar-refractivity contribution in [2.75, 3.05) is 14.2 Å². The SMILES string of the molecule is COc1cc(CN(C)Cn2nc(CCC(N)=O)n(CC(C)C)c2=S)ccc1OC(F)F. The van der Waals surface area contributed by atoms with Gasteiger partial charge in [0.2, 0.25) is 5.91 Å². The van der Waals surface area contributed by atoms with Crippen LogP contribution in [0.1, 0.15) is 31.7 Å². The van der Waals surface area contributed by atoms with Gasteiger partial charge in [0, 0.05) is 25.9 Å². The van der Waals surface area contributed by atoms with E-state index in [0.717, 1.165) is 11.4 Å². The second-order valence-corrected chi connectivity index (χ2v) is 8.05. The number of nitrogens with two attached hydrogens (primary N) is 1. The minimum Gasteiger partial charge on any atom is -0.493 e. The molecule has 0 fully saturated rings. The van der Waals surface area contributed by atoms with E-state index in [1.807, 2.05) is 16.5 Å². The van der Waals surface area contributed by atoms with Crippen molar-refractivity contribution in [1.29, 1.82) is 0 Å². The summed E-state index contributed by atoms with van der Waals surface area (Å²) in [5.41, 5.74) is 6.14. The molecule has 0 aliphatic heterocycles. The van der Waals surface area contributed by atoms with Crippen LogP contribution in [0, 0.1) is 10.7 Å². The highest BCUT2D eigenvalue weighted by molar-refractivity contribution is 7.71. The first-order valence-electron chi connectivity index (χ1n) is 9.85. The minimum atomic E-state index is -2.92. The number of nitrogens with zero attached hydrogens (tertiary/aromatic N) is 4. The standard InChI is InChI=1S/C20H29F2N5O3S/c1-13(2)10-26-18(8-7-17(23)28)24-27(20(26)31)12-25(3)11-14-5-6-15(30-19(21)22)16(9-14)29-4/h5-6,9,13,19H,7-8,10-12H2,1-4H3,(H2,23,28). The van der Waals surface area contributed by atoms with Crippen molar-refractivity contribution in [2.45, 2.75) is 53.1 Å². The van der Waals surface area contributed by atoms with E-state index < -0.39 is 6.61 Å². The maximum atomic E-state index is 12.5. The Morgan fingerprint density at radius 2 is 2.03 bits per heavy atom. The summed E-state index contributed by atoms with van der Waals surface area (Å²) in [6.07, 6.45) is 0.623. The lowest BCUT2D eigenvalue weighted by atomic mass is 10.2. The number of methoxy groups -OCH3 is 1. The summed E-state index contributed by atoms with van der Waals surface area (Å²) < 4.78 is 38.8. The summed E-state index contributed by atoms with van der Waals surface area (Å²) in [4.78, 5) is 13.2. The Kier molecular flexibility index (Phi) is 8.93. The van der Waals surface area contributed by atoms with Gasteiger partial charge >= 0.3 is 6.61 Å². The van der Waals surface area contributed by atoms with Gasteiger partial charge in [0.05, 0.1) is 13.8 Å². The smallest absolute Gasteiger partial charge is 0.387 e. The number of ether oxygens (including phenoxy) is 2. The van der Waals surface area contributed by atoms with Crippen LogP contribution >= 0.6 is 12.2 Å². The predicted molar refractivity (Wildman–Crippen MR) is 114 cm³/mol.